The van der Waals surface area contributed by atoms with Gasteiger partial charge in [-0.3, -0.25) is 0 Å². The van der Waals surface area contributed by atoms with Crippen molar-refractivity contribution in [1.82, 2.24) is 9.80 Å². The Bertz CT molecular complexity index is 620. The fourth-order valence-electron chi connectivity index (χ4n) is 2.33. The van der Waals surface area contributed by atoms with Gasteiger partial charge in [-0.1, -0.05) is 0 Å². The zero-order valence-corrected chi connectivity index (χ0v) is 12.2. The molecule has 4 nitrogen and oxygen atoms in total. The fraction of sp³-hybridized carbons (Fsp3) is 0.235. The number of hydrogen-bond donors (Lipinski definition) is 0. The van der Waals surface area contributed by atoms with E-state index in [0.29, 0.717) is 0 Å². The molecule has 4 heteroatoms. The highest BCUT2D eigenvalue weighted by atomic mass is 15.1. The van der Waals surface area contributed by atoms with Crippen molar-refractivity contribution in [3.8, 4) is 0 Å². The van der Waals surface area contributed by atoms with Crippen LogP contribution in [0.1, 0.15) is 12.8 Å². The van der Waals surface area contributed by atoms with E-state index in [-0.39, 0.29) is 0 Å². The van der Waals surface area contributed by atoms with Gasteiger partial charge in [0.2, 0.25) is 0 Å². The van der Waals surface area contributed by atoms with Crippen LogP contribution in [0, 0.1) is 0 Å². The van der Waals surface area contributed by atoms with Crippen molar-refractivity contribution in [2.75, 3.05) is 13.6 Å². The summed E-state index contributed by atoms with van der Waals surface area (Å²) < 4.78 is 0. The average molecular weight is 279 g/mol. The summed E-state index contributed by atoms with van der Waals surface area (Å²) in [5.74, 6) is 0. The Morgan fingerprint density at radius 2 is 1.67 bits per heavy atom. The van der Waals surface area contributed by atoms with Crippen LogP contribution in [-0.4, -0.2) is 34.4 Å². The Hall–Kier alpha value is -2.58. The SMILES string of the molecule is CN1C=CC(=C2C=CN(CCCC3=CC=[N+]=N3)C=C2)C=C1. The summed E-state index contributed by atoms with van der Waals surface area (Å²) in [4.78, 5) is 8.09. The lowest BCUT2D eigenvalue weighted by Gasteiger charge is -2.20. The quantitative estimate of drug-likeness (QED) is 0.741. The number of rotatable bonds is 4. The smallest absolute Gasteiger partial charge is 0.333 e. The van der Waals surface area contributed by atoms with Crippen molar-refractivity contribution in [3.63, 3.8) is 0 Å². The van der Waals surface area contributed by atoms with E-state index in [4.69, 9.17) is 0 Å². The van der Waals surface area contributed by atoms with Crippen LogP contribution in [0.2, 0.25) is 0 Å². The monoisotopic (exact) mass is 279 g/mol. The highest BCUT2D eigenvalue weighted by Crippen LogP contribution is 2.19. The molecule has 106 valence electrons. The molecule has 0 saturated carbocycles. The minimum Gasteiger partial charge on any atom is -0.357 e. The molecule has 3 rings (SSSR count). The standard InChI is InChI=1S/C17H19N4/c1-20-11-5-15(6-12-20)16-7-13-21(14-8-16)10-2-3-17-4-9-18-19-17/h4-9,11-14H,2-3,10H2,1H3/q+1. The first-order valence-electron chi connectivity index (χ1n) is 7.19. The fourth-order valence-corrected chi connectivity index (χ4v) is 2.33. The topological polar surface area (TPSA) is 32.9 Å². The summed E-state index contributed by atoms with van der Waals surface area (Å²) in [5.41, 5.74) is 3.56. The van der Waals surface area contributed by atoms with Gasteiger partial charge in [-0.05, 0) is 48.3 Å². The minimum atomic E-state index is 0.976. The zero-order valence-electron chi connectivity index (χ0n) is 12.2. The summed E-state index contributed by atoms with van der Waals surface area (Å²) >= 11 is 0. The number of allylic oxidation sites excluding steroid dienone is 8. The largest absolute Gasteiger partial charge is 0.357 e. The number of hydrogen-bond acceptors (Lipinski definition) is 3. The molecule has 3 heterocycles. The molecular weight excluding hydrogens is 260 g/mol. The lowest BCUT2D eigenvalue weighted by Crippen LogP contribution is -2.14. The molecule has 0 spiro atoms. The summed E-state index contributed by atoms with van der Waals surface area (Å²) in [6, 6.07) is 0. The molecular formula is C17H19N4+. The van der Waals surface area contributed by atoms with Gasteiger partial charge in [0, 0.05) is 38.4 Å². The molecule has 0 aliphatic carbocycles. The molecule has 0 amide bonds. The van der Waals surface area contributed by atoms with E-state index in [1.165, 1.54) is 11.1 Å². The van der Waals surface area contributed by atoms with Gasteiger partial charge in [-0.25, -0.2) is 0 Å². The maximum atomic E-state index is 4.05. The molecule has 0 saturated heterocycles. The third-order valence-electron chi connectivity index (χ3n) is 3.57. The second kappa shape index (κ2) is 6.25. The van der Waals surface area contributed by atoms with E-state index in [9.17, 15) is 0 Å². The lowest BCUT2D eigenvalue weighted by atomic mass is 10.0. The van der Waals surface area contributed by atoms with Crippen LogP contribution >= 0.6 is 0 Å². The zero-order chi connectivity index (χ0) is 14.5. The molecule has 0 atom stereocenters. The molecule has 3 aliphatic heterocycles. The van der Waals surface area contributed by atoms with Crippen LogP contribution in [0.5, 0.6) is 0 Å². The average Bonchev–Trinajstić information content (AvgIpc) is 3.02. The normalized spacial score (nSPS) is 19.2. The van der Waals surface area contributed by atoms with E-state index in [1.54, 1.807) is 6.21 Å². The Kier molecular flexibility index (Phi) is 3.99. The van der Waals surface area contributed by atoms with Crippen LogP contribution in [0.15, 0.2) is 77.1 Å². The second-order valence-electron chi connectivity index (χ2n) is 5.20. The van der Waals surface area contributed by atoms with Crippen LogP contribution in [0.4, 0.5) is 0 Å². The van der Waals surface area contributed by atoms with Crippen molar-refractivity contribution in [3.05, 3.63) is 72.0 Å². The van der Waals surface area contributed by atoms with Gasteiger partial charge < -0.3 is 9.80 Å². The summed E-state index contributed by atoms with van der Waals surface area (Å²) in [6.45, 7) is 0.997. The molecule has 0 unspecified atom stereocenters. The molecule has 0 radical (unpaired) electrons. The Balaban J connectivity index is 1.52. The molecule has 0 aromatic carbocycles. The Morgan fingerprint density at radius 3 is 2.29 bits per heavy atom. The first-order valence-corrected chi connectivity index (χ1v) is 7.19. The predicted molar refractivity (Wildman–Crippen MR) is 84.1 cm³/mol. The molecule has 0 aromatic rings. The summed E-state index contributed by atoms with van der Waals surface area (Å²) in [7, 11) is 2.03. The van der Waals surface area contributed by atoms with Gasteiger partial charge >= 0.3 is 6.21 Å². The highest BCUT2D eigenvalue weighted by Gasteiger charge is 2.08. The molecule has 0 aromatic heterocycles. The first-order chi connectivity index (χ1) is 10.3. The first kappa shape index (κ1) is 13.4. The van der Waals surface area contributed by atoms with Crippen molar-refractivity contribution in [1.29, 1.82) is 0 Å². The lowest BCUT2D eigenvalue weighted by molar-refractivity contribution is -0.0691. The summed E-state index contributed by atoms with van der Waals surface area (Å²) in [5, 5.41) is 4.05. The maximum absolute atomic E-state index is 4.05. The molecule has 3 aliphatic rings. The van der Waals surface area contributed by atoms with Gasteiger partial charge in [0.15, 0.2) is 0 Å². The van der Waals surface area contributed by atoms with Gasteiger partial charge in [-0.2, -0.15) is 0 Å². The third kappa shape index (κ3) is 3.50. The molecule has 0 N–H and O–H groups in total. The van der Waals surface area contributed by atoms with E-state index >= 15 is 0 Å². The second-order valence-corrected chi connectivity index (χ2v) is 5.20. The van der Waals surface area contributed by atoms with Gasteiger partial charge in [0.05, 0.1) is 10.9 Å². The Labute approximate surface area is 125 Å². The van der Waals surface area contributed by atoms with Gasteiger partial charge in [0.1, 0.15) is 10.8 Å². The minimum absolute atomic E-state index is 0.976. The number of nitrogens with zero attached hydrogens (tertiary/aromatic N) is 4. The molecule has 0 bridgehead atoms. The van der Waals surface area contributed by atoms with Crippen molar-refractivity contribution >= 4 is 6.21 Å². The highest BCUT2D eigenvalue weighted by molar-refractivity contribution is 5.67. The van der Waals surface area contributed by atoms with E-state index in [2.05, 4.69) is 63.9 Å². The Morgan fingerprint density at radius 1 is 1.00 bits per heavy atom. The van der Waals surface area contributed by atoms with E-state index in [0.717, 1.165) is 25.1 Å². The van der Waals surface area contributed by atoms with Crippen LogP contribution < -0.4 is 0 Å². The van der Waals surface area contributed by atoms with Crippen molar-refractivity contribution < 1.29 is 4.79 Å². The third-order valence-corrected chi connectivity index (χ3v) is 3.57. The van der Waals surface area contributed by atoms with Crippen LogP contribution in [0.3, 0.4) is 0 Å². The molecule has 0 fully saturated rings. The predicted octanol–water partition coefficient (Wildman–Crippen LogP) is 3.01. The summed E-state index contributed by atoms with van der Waals surface area (Å²) in [6.07, 6.45) is 22.8. The van der Waals surface area contributed by atoms with Crippen molar-refractivity contribution in [2.45, 2.75) is 12.8 Å². The van der Waals surface area contributed by atoms with Crippen molar-refractivity contribution in [2.24, 2.45) is 5.11 Å². The maximum Gasteiger partial charge on any atom is 0.333 e. The van der Waals surface area contributed by atoms with E-state index in [1.807, 2.05) is 18.0 Å². The molecule has 21 heavy (non-hydrogen) atoms. The van der Waals surface area contributed by atoms with Crippen LogP contribution in [0.25, 0.3) is 0 Å². The van der Waals surface area contributed by atoms with Gasteiger partial charge in [0.25, 0.3) is 0 Å². The van der Waals surface area contributed by atoms with Gasteiger partial charge in [-0.15, -0.1) is 0 Å². The van der Waals surface area contributed by atoms with E-state index < -0.39 is 0 Å². The van der Waals surface area contributed by atoms with Crippen LogP contribution in [-0.2, 0) is 0 Å².